The molecule has 0 saturated carbocycles. The second kappa shape index (κ2) is 7.57. The lowest BCUT2D eigenvalue weighted by Gasteiger charge is -2.35. The normalized spacial score (nSPS) is 22.1. The van der Waals surface area contributed by atoms with Crippen molar-refractivity contribution in [1.82, 2.24) is 10.2 Å². The van der Waals surface area contributed by atoms with Crippen molar-refractivity contribution in [3.05, 3.63) is 34.3 Å². The number of carbonyl (C=O) groups excluding carboxylic acids is 1. The molecule has 22 heavy (non-hydrogen) atoms. The van der Waals surface area contributed by atoms with Crippen LogP contribution in [0.1, 0.15) is 38.7 Å². The van der Waals surface area contributed by atoms with Crippen LogP contribution in [0.2, 0.25) is 0 Å². The highest BCUT2D eigenvalue weighted by atomic mass is 79.9. The Hall–Kier alpha value is -0.910. The number of piperidine rings is 1. The Balaban J connectivity index is 1.97. The zero-order valence-electron chi connectivity index (χ0n) is 13.4. The summed E-state index contributed by atoms with van der Waals surface area (Å²) in [6.07, 6.45) is 3.64. The molecule has 0 aromatic heterocycles. The van der Waals surface area contributed by atoms with E-state index in [4.69, 9.17) is 5.73 Å². The van der Waals surface area contributed by atoms with Crippen LogP contribution in [0.25, 0.3) is 0 Å². The minimum Gasteiger partial charge on any atom is -0.353 e. The lowest BCUT2D eigenvalue weighted by molar-refractivity contribution is -0.126. The first-order chi connectivity index (χ1) is 10.4. The van der Waals surface area contributed by atoms with Crippen LogP contribution in [-0.4, -0.2) is 36.5 Å². The van der Waals surface area contributed by atoms with Gasteiger partial charge in [-0.05, 0) is 50.6 Å². The highest BCUT2D eigenvalue weighted by molar-refractivity contribution is 9.10. The second-order valence-electron chi connectivity index (χ2n) is 6.20. The lowest BCUT2D eigenvalue weighted by atomic mass is 9.92. The summed E-state index contributed by atoms with van der Waals surface area (Å²) in [5, 5.41) is 3.05. The third-order valence-corrected chi connectivity index (χ3v) is 5.10. The average molecular weight is 368 g/mol. The Morgan fingerprint density at radius 1 is 1.41 bits per heavy atom. The third-order valence-electron chi connectivity index (χ3n) is 4.57. The molecule has 1 amide bonds. The summed E-state index contributed by atoms with van der Waals surface area (Å²) in [7, 11) is 0. The lowest BCUT2D eigenvalue weighted by Crippen LogP contribution is -2.53. The predicted molar refractivity (Wildman–Crippen MR) is 93.6 cm³/mol. The van der Waals surface area contributed by atoms with Gasteiger partial charge in [-0.25, -0.2) is 0 Å². The van der Waals surface area contributed by atoms with Gasteiger partial charge in [-0.2, -0.15) is 0 Å². The number of nitrogens with two attached hydrogens (primary N) is 1. The fourth-order valence-electron chi connectivity index (χ4n) is 3.03. The number of hydrogen-bond donors (Lipinski definition) is 2. The van der Waals surface area contributed by atoms with Gasteiger partial charge in [0.2, 0.25) is 5.91 Å². The van der Waals surface area contributed by atoms with Gasteiger partial charge >= 0.3 is 0 Å². The number of amides is 1. The first-order valence-corrected chi connectivity index (χ1v) is 8.81. The number of nitrogens with zero attached hydrogens (tertiary/aromatic N) is 1. The maximum atomic E-state index is 12.5. The van der Waals surface area contributed by atoms with Crippen LogP contribution in [-0.2, 0) is 10.3 Å². The van der Waals surface area contributed by atoms with E-state index in [-0.39, 0.29) is 5.91 Å². The van der Waals surface area contributed by atoms with Crippen molar-refractivity contribution in [3.8, 4) is 0 Å². The van der Waals surface area contributed by atoms with Crippen LogP contribution < -0.4 is 11.1 Å². The van der Waals surface area contributed by atoms with Crippen molar-refractivity contribution in [2.24, 2.45) is 5.73 Å². The predicted octanol–water partition coefficient (Wildman–Crippen LogP) is 2.61. The highest BCUT2D eigenvalue weighted by Gasteiger charge is 2.31. The molecule has 1 fully saturated rings. The third kappa shape index (κ3) is 4.09. The molecule has 2 unspecified atom stereocenters. The van der Waals surface area contributed by atoms with Gasteiger partial charge in [-0.1, -0.05) is 41.4 Å². The van der Waals surface area contributed by atoms with Crippen LogP contribution >= 0.6 is 15.9 Å². The molecule has 1 aliphatic heterocycles. The van der Waals surface area contributed by atoms with Crippen LogP contribution in [0.15, 0.2) is 28.7 Å². The quantitative estimate of drug-likeness (QED) is 0.840. The standard InChI is InChI=1S/C17H26BrN3O/c1-3-21-11-5-4-6-15(21)12-20-16(22)17(2,19)13-7-9-14(18)10-8-13/h7-10,15H,3-6,11-12,19H2,1-2H3,(H,20,22). The molecule has 2 atom stereocenters. The molecule has 5 heteroatoms. The van der Waals surface area contributed by atoms with Crippen molar-refractivity contribution in [3.63, 3.8) is 0 Å². The number of hydrogen-bond acceptors (Lipinski definition) is 3. The fourth-order valence-corrected chi connectivity index (χ4v) is 3.29. The molecule has 3 N–H and O–H groups in total. The van der Waals surface area contributed by atoms with E-state index in [9.17, 15) is 4.79 Å². The summed E-state index contributed by atoms with van der Waals surface area (Å²) >= 11 is 3.40. The van der Waals surface area contributed by atoms with Crippen LogP contribution in [0.3, 0.4) is 0 Å². The fraction of sp³-hybridized carbons (Fsp3) is 0.588. The maximum Gasteiger partial charge on any atom is 0.244 e. The van der Waals surface area contributed by atoms with Crippen LogP contribution in [0.4, 0.5) is 0 Å². The average Bonchev–Trinajstić information content (AvgIpc) is 2.53. The van der Waals surface area contributed by atoms with Gasteiger partial charge in [0.15, 0.2) is 0 Å². The van der Waals surface area contributed by atoms with Crippen molar-refractivity contribution in [2.75, 3.05) is 19.6 Å². The topological polar surface area (TPSA) is 58.4 Å². The van der Waals surface area contributed by atoms with E-state index in [2.05, 4.69) is 33.1 Å². The molecule has 1 aromatic carbocycles. The van der Waals surface area contributed by atoms with Crippen LogP contribution in [0.5, 0.6) is 0 Å². The Morgan fingerprint density at radius 2 is 2.09 bits per heavy atom. The summed E-state index contributed by atoms with van der Waals surface area (Å²) in [5.74, 6) is -0.114. The van der Waals surface area contributed by atoms with Crippen molar-refractivity contribution >= 4 is 21.8 Å². The molecule has 1 aromatic rings. The minimum atomic E-state index is -1.01. The number of likely N-dealkylation sites (N-methyl/N-ethyl adjacent to an activating group) is 1. The summed E-state index contributed by atoms with van der Waals surface area (Å²) in [4.78, 5) is 15.0. The summed E-state index contributed by atoms with van der Waals surface area (Å²) in [6.45, 7) is 6.78. The van der Waals surface area contributed by atoms with Gasteiger partial charge in [0, 0.05) is 17.1 Å². The first-order valence-electron chi connectivity index (χ1n) is 8.02. The number of nitrogens with one attached hydrogen (secondary N) is 1. The number of halogens is 1. The zero-order valence-corrected chi connectivity index (χ0v) is 15.0. The van der Waals surface area contributed by atoms with Crippen molar-refractivity contribution < 1.29 is 4.79 Å². The number of carbonyl (C=O) groups is 1. The number of likely N-dealkylation sites (tertiary alicyclic amines) is 1. The number of benzene rings is 1. The smallest absolute Gasteiger partial charge is 0.244 e. The Bertz CT molecular complexity index is 501. The molecule has 1 aliphatic rings. The molecular formula is C17H26BrN3O. The van der Waals surface area contributed by atoms with Gasteiger partial charge in [0.1, 0.15) is 5.54 Å². The SMILES string of the molecule is CCN1CCCCC1CNC(=O)C(C)(N)c1ccc(Br)cc1. The van der Waals surface area contributed by atoms with E-state index in [1.165, 1.54) is 12.8 Å². The molecule has 4 nitrogen and oxygen atoms in total. The largest absolute Gasteiger partial charge is 0.353 e. The summed E-state index contributed by atoms with van der Waals surface area (Å²) in [5.41, 5.74) is 6.09. The Labute approximate surface area is 141 Å². The molecule has 1 saturated heterocycles. The van der Waals surface area contributed by atoms with Crippen LogP contribution in [0, 0.1) is 0 Å². The molecule has 2 rings (SSSR count). The van der Waals surface area contributed by atoms with E-state index in [1.54, 1.807) is 6.92 Å². The van der Waals surface area contributed by atoms with Gasteiger partial charge < -0.3 is 11.1 Å². The molecule has 0 aliphatic carbocycles. The maximum absolute atomic E-state index is 12.5. The highest BCUT2D eigenvalue weighted by Crippen LogP contribution is 2.21. The van der Waals surface area contributed by atoms with E-state index >= 15 is 0 Å². The van der Waals surface area contributed by atoms with Gasteiger partial charge in [-0.15, -0.1) is 0 Å². The molecular weight excluding hydrogens is 342 g/mol. The zero-order chi connectivity index (χ0) is 16.2. The van der Waals surface area contributed by atoms with Crippen molar-refractivity contribution in [1.29, 1.82) is 0 Å². The van der Waals surface area contributed by atoms with Crippen molar-refractivity contribution in [2.45, 2.75) is 44.7 Å². The number of rotatable bonds is 5. The van der Waals surface area contributed by atoms with E-state index < -0.39 is 5.54 Å². The minimum absolute atomic E-state index is 0.114. The van der Waals surface area contributed by atoms with Gasteiger partial charge in [0.05, 0.1) is 0 Å². The Morgan fingerprint density at radius 3 is 2.73 bits per heavy atom. The molecule has 1 heterocycles. The monoisotopic (exact) mass is 367 g/mol. The summed E-state index contributed by atoms with van der Waals surface area (Å²) in [6, 6.07) is 8.04. The molecule has 0 radical (unpaired) electrons. The van der Waals surface area contributed by atoms with E-state index in [0.29, 0.717) is 12.6 Å². The molecule has 0 spiro atoms. The van der Waals surface area contributed by atoms with Gasteiger partial charge in [-0.3, -0.25) is 9.69 Å². The first kappa shape index (κ1) is 17.4. The van der Waals surface area contributed by atoms with E-state index in [1.807, 2.05) is 24.3 Å². The molecule has 0 bridgehead atoms. The summed E-state index contributed by atoms with van der Waals surface area (Å²) < 4.78 is 0.980. The van der Waals surface area contributed by atoms with Gasteiger partial charge in [0.25, 0.3) is 0 Å². The Kier molecular flexibility index (Phi) is 6.01. The van der Waals surface area contributed by atoms with E-state index in [0.717, 1.165) is 29.5 Å². The second-order valence-corrected chi connectivity index (χ2v) is 7.11. The molecule has 122 valence electrons.